The Hall–Kier alpha value is -1.94. The number of hydrogen-bond acceptors (Lipinski definition) is 3. The Morgan fingerprint density at radius 1 is 1.15 bits per heavy atom. The number of nitrogens with zero attached hydrogens (tertiary/aromatic N) is 1. The van der Waals surface area contributed by atoms with Crippen LogP contribution in [0.25, 0.3) is 10.9 Å². The Morgan fingerprint density at radius 3 is 2.85 bits per heavy atom. The number of amides is 1. The second-order valence-corrected chi connectivity index (χ2v) is 5.24. The molecule has 0 unspecified atom stereocenters. The van der Waals surface area contributed by atoms with Gasteiger partial charge in [0, 0.05) is 30.9 Å². The molecule has 1 aromatic heterocycles. The average molecular weight is 269 g/mol. The molecule has 4 nitrogen and oxygen atoms in total. The Bertz CT molecular complexity index is 607. The molecule has 1 fully saturated rings. The van der Waals surface area contributed by atoms with Gasteiger partial charge in [-0.25, -0.2) is 0 Å². The lowest BCUT2D eigenvalue weighted by Gasteiger charge is -2.07. The summed E-state index contributed by atoms with van der Waals surface area (Å²) in [6, 6.07) is 12.2. The van der Waals surface area contributed by atoms with E-state index < -0.39 is 0 Å². The summed E-state index contributed by atoms with van der Waals surface area (Å²) in [5, 5.41) is 7.40. The van der Waals surface area contributed by atoms with E-state index in [1.54, 1.807) is 0 Å². The maximum absolute atomic E-state index is 11.4. The van der Waals surface area contributed by atoms with Gasteiger partial charge in [0.1, 0.15) is 0 Å². The number of pyridine rings is 1. The molecule has 0 bridgehead atoms. The van der Waals surface area contributed by atoms with Crippen molar-refractivity contribution in [2.75, 3.05) is 13.1 Å². The molecule has 0 aliphatic heterocycles. The molecule has 1 heterocycles. The maximum Gasteiger partial charge on any atom is 0.223 e. The number of hydrogen-bond donors (Lipinski definition) is 2. The van der Waals surface area contributed by atoms with Crippen molar-refractivity contribution in [2.24, 2.45) is 5.92 Å². The van der Waals surface area contributed by atoms with Crippen molar-refractivity contribution < 1.29 is 4.79 Å². The third kappa shape index (κ3) is 3.33. The van der Waals surface area contributed by atoms with Crippen LogP contribution in [0.2, 0.25) is 0 Å². The van der Waals surface area contributed by atoms with Gasteiger partial charge in [0.15, 0.2) is 0 Å². The lowest BCUT2D eigenvalue weighted by atomic mass is 10.2. The van der Waals surface area contributed by atoms with E-state index in [9.17, 15) is 4.79 Å². The highest BCUT2D eigenvalue weighted by molar-refractivity contribution is 5.80. The van der Waals surface area contributed by atoms with Crippen LogP contribution in [-0.4, -0.2) is 24.0 Å². The van der Waals surface area contributed by atoms with Crippen molar-refractivity contribution in [3.8, 4) is 0 Å². The van der Waals surface area contributed by atoms with Gasteiger partial charge in [-0.05, 0) is 25.0 Å². The molecule has 0 radical (unpaired) electrons. The number of nitrogens with one attached hydrogen (secondary N) is 2. The van der Waals surface area contributed by atoms with Gasteiger partial charge < -0.3 is 10.6 Å². The Kier molecular flexibility index (Phi) is 3.92. The first-order valence-electron chi connectivity index (χ1n) is 7.16. The topological polar surface area (TPSA) is 54.0 Å². The molecule has 20 heavy (non-hydrogen) atoms. The van der Waals surface area contributed by atoms with E-state index in [2.05, 4.69) is 27.8 Å². The molecule has 1 aromatic carbocycles. The Balaban J connectivity index is 1.43. The molecule has 2 N–H and O–H groups in total. The van der Waals surface area contributed by atoms with E-state index in [1.807, 2.05) is 24.3 Å². The predicted octanol–water partition coefficient (Wildman–Crippen LogP) is 1.85. The molecule has 0 atom stereocenters. The van der Waals surface area contributed by atoms with Crippen molar-refractivity contribution in [3.05, 3.63) is 42.1 Å². The molecule has 1 aliphatic carbocycles. The predicted molar refractivity (Wildman–Crippen MR) is 79.2 cm³/mol. The average Bonchev–Trinajstić information content (AvgIpc) is 3.31. The number of rotatable bonds is 6. The van der Waals surface area contributed by atoms with Crippen LogP contribution in [0.4, 0.5) is 0 Å². The van der Waals surface area contributed by atoms with Crippen LogP contribution in [0.1, 0.15) is 18.5 Å². The van der Waals surface area contributed by atoms with Crippen molar-refractivity contribution in [2.45, 2.75) is 19.4 Å². The van der Waals surface area contributed by atoms with Crippen LogP contribution in [0, 0.1) is 5.92 Å². The highest BCUT2D eigenvalue weighted by atomic mass is 16.2. The van der Waals surface area contributed by atoms with E-state index >= 15 is 0 Å². The van der Waals surface area contributed by atoms with Gasteiger partial charge in [-0.2, -0.15) is 0 Å². The highest BCUT2D eigenvalue weighted by Gasteiger charge is 2.28. The standard InChI is InChI=1S/C16H19N3O/c20-16(13-5-6-13)18-10-9-17-11-14-8-7-12-3-1-2-4-15(12)19-14/h1-4,7-8,13,17H,5-6,9-11H2,(H,18,20). The van der Waals surface area contributed by atoms with Crippen molar-refractivity contribution in [1.29, 1.82) is 0 Å². The number of carbonyl (C=O) groups excluding carboxylic acids is 1. The van der Waals surface area contributed by atoms with Gasteiger partial charge in [-0.3, -0.25) is 9.78 Å². The summed E-state index contributed by atoms with van der Waals surface area (Å²) in [6.07, 6.45) is 2.11. The second kappa shape index (κ2) is 6.01. The first-order chi connectivity index (χ1) is 9.83. The summed E-state index contributed by atoms with van der Waals surface area (Å²) in [5.41, 5.74) is 2.05. The molecule has 104 valence electrons. The zero-order chi connectivity index (χ0) is 13.8. The van der Waals surface area contributed by atoms with E-state index in [4.69, 9.17) is 0 Å². The quantitative estimate of drug-likeness (QED) is 0.787. The Labute approximate surface area is 118 Å². The largest absolute Gasteiger partial charge is 0.355 e. The van der Waals surface area contributed by atoms with E-state index in [1.165, 1.54) is 0 Å². The number of aromatic nitrogens is 1. The molecule has 0 spiro atoms. The van der Waals surface area contributed by atoms with Crippen molar-refractivity contribution in [1.82, 2.24) is 15.6 Å². The van der Waals surface area contributed by atoms with E-state index in [0.29, 0.717) is 6.54 Å². The second-order valence-electron chi connectivity index (χ2n) is 5.24. The van der Waals surface area contributed by atoms with Crippen molar-refractivity contribution in [3.63, 3.8) is 0 Å². The molecule has 2 aromatic rings. The fourth-order valence-corrected chi connectivity index (χ4v) is 2.19. The van der Waals surface area contributed by atoms with Gasteiger partial charge in [0.05, 0.1) is 11.2 Å². The molecular formula is C16H19N3O. The van der Waals surface area contributed by atoms with E-state index in [0.717, 1.165) is 42.5 Å². The fourth-order valence-electron chi connectivity index (χ4n) is 2.19. The fraction of sp³-hybridized carbons (Fsp3) is 0.375. The van der Waals surface area contributed by atoms with E-state index in [-0.39, 0.29) is 11.8 Å². The number of fused-ring (bicyclic) bond motifs is 1. The molecule has 4 heteroatoms. The highest BCUT2D eigenvalue weighted by Crippen LogP contribution is 2.28. The van der Waals surface area contributed by atoms with Crippen LogP contribution >= 0.6 is 0 Å². The monoisotopic (exact) mass is 269 g/mol. The van der Waals surface area contributed by atoms with Crippen LogP contribution in [0.15, 0.2) is 36.4 Å². The smallest absolute Gasteiger partial charge is 0.223 e. The van der Waals surface area contributed by atoms with Crippen LogP contribution in [0.5, 0.6) is 0 Å². The molecule has 0 saturated heterocycles. The normalized spacial score (nSPS) is 14.4. The van der Waals surface area contributed by atoms with Crippen LogP contribution in [0.3, 0.4) is 0 Å². The van der Waals surface area contributed by atoms with Gasteiger partial charge in [0.2, 0.25) is 5.91 Å². The molecular weight excluding hydrogens is 250 g/mol. The van der Waals surface area contributed by atoms with Gasteiger partial charge >= 0.3 is 0 Å². The Morgan fingerprint density at radius 2 is 2.00 bits per heavy atom. The first kappa shape index (κ1) is 13.1. The first-order valence-corrected chi connectivity index (χ1v) is 7.16. The summed E-state index contributed by atoms with van der Waals surface area (Å²) in [6.45, 7) is 2.18. The lowest BCUT2D eigenvalue weighted by molar-refractivity contribution is -0.122. The van der Waals surface area contributed by atoms with Gasteiger partial charge in [-0.1, -0.05) is 24.3 Å². The SMILES string of the molecule is O=C(NCCNCc1ccc2ccccc2n1)C1CC1. The minimum Gasteiger partial charge on any atom is -0.355 e. The van der Waals surface area contributed by atoms with Crippen LogP contribution < -0.4 is 10.6 Å². The summed E-state index contributed by atoms with van der Waals surface area (Å²) >= 11 is 0. The summed E-state index contributed by atoms with van der Waals surface area (Å²) in [7, 11) is 0. The summed E-state index contributed by atoms with van der Waals surface area (Å²) in [4.78, 5) is 16.0. The lowest BCUT2D eigenvalue weighted by Crippen LogP contribution is -2.32. The zero-order valence-electron chi connectivity index (χ0n) is 11.4. The number of carbonyl (C=O) groups is 1. The summed E-state index contributed by atoms with van der Waals surface area (Å²) in [5.74, 6) is 0.493. The number of para-hydroxylation sites is 1. The van der Waals surface area contributed by atoms with Gasteiger partial charge in [0.25, 0.3) is 0 Å². The third-order valence-corrected chi connectivity index (χ3v) is 3.51. The summed E-state index contributed by atoms with van der Waals surface area (Å²) < 4.78 is 0. The molecule has 3 rings (SSSR count). The number of benzene rings is 1. The third-order valence-electron chi connectivity index (χ3n) is 3.51. The van der Waals surface area contributed by atoms with Crippen molar-refractivity contribution >= 4 is 16.8 Å². The maximum atomic E-state index is 11.4. The molecule has 1 amide bonds. The zero-order valence-corrected chi connectivity index (χ0v) is 11.4. The molecule has 1 aliphatic rings. The minimum atomic E-state index is 0.204. The minimum absolute atomic E-state index is 0.204. The van der Waals surface area contributed by atoms with Gasteiger partial charge in [-0.15, -0.1) is 0 Å². The van der Waals surface area contributed by atoms with Crippen LogP contribution in [-0.2, 0) is 11.3 Å². The molecule has 1 saturated carbocycles.